The number of thioether (sulfide) groups is 1. The van der Waals surface area contributed by atoms with Crippen molar-refractivity contribution in [2.45, 2.75) is 51.4 Å². The van der Waals surface area contributed by atoms with E-state index >= 15 is 0 Å². The molecule has 1 heterocycles. The number of carbonyl (C=O) groups excluding carboxylic acids is 2. The summed E-state index contributed by atoms with van der Waals surface area (Å²) in [6.45, 7) is 7.30. The summed E-state index contributed by atoms with van der Waals surface area (Å²) in [6, 6.07) is 6.60. The van der Waals surface area contributed by atoms with E-state index in [0.29, 0.717) is 42.2 Å². The van der Waals surface area contributed by atoms with Crippen LogP contribution >= 0.6 is 11.8 Å². The van der Waals surface area contributed by atoms with Crippen molar-refractivity contribution in [3.8, 4) is 0 Å². The number of fused-ring (bicyclic) bond motifs is 1. The highest BCUT2D eigenvalue weighted by Gasteiger charge is 2.14. The van der Waals surface area contributed by atoms with Gasteiger partial charge in [0.2, 0.25) is 5.91 Å². The zero-order valence-corrected chi connectivity index (χ0v) is 17.9. The molecule has 0 atom stereocenters. The standard InChI is InChI=1S/C20H28N4O4S/c1-4-10-21-19(27)23-17(25)13-29-20-22-16-9-6-5-8-15(16)18(26)24(20)11-7-12-28-14(2)3/h5-6,8-9,14H,4,7,10-13H2,1-3H3,(H2,21,23,25,27). The zero-order chi connectivity index (χ0) is 21.2. The second kappa shape index (κ2) is 11.6. The summed E-state index contributed by atoms with van der Waals surface area (Å²) in [6.07, 6.45) is 1.56. The molecule has 1 aromatic carbocycles. The third-order valence-electron chi connectivity index (χ3n) is 3.92. The number of nitrogens with zero attached hydrogens (tertiary/aromatic N) is 2. The number of rotatable bonds is 10. The number of hydrogen-bond donors (Lipinski definition) is 2. The van der Waals surface area contributed by atoms with Crippen LogP contribution in [0.5, 0.6) is 0 Å². The molecule has 9 heteroatoms. The van der Waals surface area contributed by atoms with Gasteiger partial charge in [-0.15, -0.1) is 0 Å². The van der Waals surface area contributed by atoms with Crippen LogP contribution in [-0.4, -0.2) is 46.5 Å². The van der Waals surface area contributed by atoms with Crippen LogP contribution in [0.25, 0.3) is 10.9 Å². The van der Waals surface area contributed by atoms with Crippen LogP contribution in [0.15, 0.2) is 34.2 Å². The number of nitrogens with one attached hydrogen (secondary N) is 2. The number of amides is 3. The molecule has 0 saturated carbocycles. The van der Waals surface area contributed by atoms with Gasteiger partial charge in [0.05, 0.1) is 22.8 Å². The first kappa shape index (κ1) is 22.9. The molecule has 158 valence electrons. The SMILES string of the molecule is CCCNC(=O)NC(=O)CSc1nc2ccccc2c(=O)n1CCCOC(C)C. The van der Waals surface area contributed by atoms with Crippen LogP contribution in [-0.2, 0) is 16.1 Å². The summed E-state index contributed by atoms with van der Waals surface area (Å²) >= 11 is 1.13. The van der Waals surface area contributed by atoms with E-state index in [9.17, 15) is 14.4 Å². The van der Waals surface area contributed by atoms with Gasteiger partial charge in [-0.2, -0.15) is 0 Å². The molecule has 3 amide bonds. The molecule has 2 aromatic rings. The summed E-state index contributed by atoms with van der Waals surface area (Å²) in [5.41, 5.74) is 0.430. The Morgan fingerprint density at radius 3 is 2.76 bits per heavy atom. The van der Waals surface area contributed by atoms with Crippen LogP contribution in [0.4, 0.5) is 4.79 Å². The molecule has 0 aliphatic carbocycles. The maximum Gasteiger partial charge on any atom is 0.321 e. The maximum absolute atomic E-state index is 12.9. The molecular weight excluding hydrogens is 392 g/mol. The van der Waals surface area contributed by atoms with Gasteiger partial charge >= 0.3 is 6.03 Å². The number of ether oxygens (including phenoxy) is 1. The minimum Gasteiger partial charge on any atom is -0.379 e. The van der Waals surface area contributed by atoms with Crippen molar-refractivity contribution in [2.24, 2.45) is 0 Å². The van der Waals surface area contributed by atoms with Crippen molar-refractivity contribution >= 4 is 34.6 Å². The van der Waals surface area contributed by atoms with Gasteiger partial charge in [0, 0.05) is 19.7 Å². The Balaban J connectivity index is 2.12. The van der Waals surface area contributed by atoms with Gasteiger partial charge in [0.15, 0.2) is 5.16 Å². The van der Waals surface area contributed by atoms with E-state index in [-0.39, 0.29) is 17.4 Å². The molecule has 8 nitrogen and oxygen atoms in total. The van der Waals surface area contributed by atoms with E-state index in [2.05, 4.69) is 15.6 Å². The van der Waals surface area contributed by atoms with Crippen molar-refractivity contribution in [2.75, 3.05) is 18.9 Å². The monoisotopic (exact) mass is 420 g/mol. The van der Waals surface area contributed by atoms with Crippen LogP contribution in [0.3, 0.4) is 0 Å². The Bertz CT molecular complexity index is 898. The molecule has 0 aliphatic rings. The highest BCUT2D eigenvalue weighted by Crippen LogP contribution is 2.18. The first-order valence-electron chi connectivity index (χ1n) is 9.74. The lowest BCUT2D eigenvalue weighted by atomic mass is 10.2. The Kier molecular flexibility index (Phi) is 9.14. The lowest BCUT2D eigenvalue weighted by Crippen LogP contribution is -2.40. The Labute approximate surface area is 174 Å². The fraction of sp³-hybridized carbons (Fsp3) is 0.500. The predicted molar refractivity (Wildman–Crippen MR) is 114 cm³/mol. The van der Waals surface area contributed by atoms with E-state index in [0.717, 1.165) is 18.2 Å². The molecule has 0 bridgehead atoms. The number of carbonyl (C=O) groups is 2. The fourth-order valence-corrected chi connectivity index (χ4v) is 3.40. The van der Waals surface area contributed by atoms with Gasteiger partial charge in [-0.1, -0.05) is 30.8 Å². The molecule has 0 fully saturated rings. The Hall–Kier alpha value is -2.39. The number of benzene rings is 1. The molecule has 0 saturated heterocycles. The van der Waals surface area contributed by atoms with Crippen LogP contribution < -0.4 is 16.2 Å². The zero-order valence-electron chi connectivity index (χ0n) is 17.1. The second-order valence-corrected chi connectivity index (χ2v) is 7.68. The quantitative estimate of drug-likeness (QED) is 0.348. The summed E-state index contributed by atoms with van der Waals surface area (Å²) in [5, 5.41) is 5.84. The molecule has 0 aliphatic heterocycles. The summed E-state index contributed by atoms with van der Waals surface area (Å²) in [5.74, 6) is -0.465. The summed E-state index contributed by atoms with van der Waals surface area (Å²) < 4.78 is 7.12. The van der Waals surface area contributed by atoms with Crippen LogP contribution in [0.2, 0.25) is 0 Å². The van der Waals surface area contributed by atoms with Gasteiger partial charge in [-0.05, 0) is 38.8 Å². The summed E-state index contributed by atoms with van der Waals surface area (Å²) in [4.78, 5) is 41.1. The van der Waals surface area contributed by atoms with Crippen molar-refractivity contribution in [3.05, 3.63) is 34.6 Å². The molecule has 0 spiro atoms. The number of imide groups is 1. The number of urea groups is 1. The van der Waals surface area contributed by atoms with Crippen molar-refractivity contribution in [1.29, 1.82) is 0 Å². The van der Waals surface area contributed by atoms with E-state index in [1.807, 2.05) is 26.8 Å². The largest absolute Gasteiger partial charge is 0.379 e. The highest BCUT2D eigenvalue weighted by atomic mass is 32.2. The molecule has 2 N–H and O–H groups in total. The van der Waals surface area contributed by atoms with Gasteiger partial charge in [0.1, 0.15) is 0 Å². The third-order valence-corrected chi connectivity index (χ3v) is 4.90. The molecule has 0 radical (unpaired) electrons. The van der Waals surface area contributed by atoms with E-state index in [4.69, 9.17) is 4.74 Å². The van der Waals surface area contributed by atoms with Gasteiger partial charge < -0.3 is 10.1 Å². The lowest BCUT2D eigenvalue weighted by Gasteiger charge is -2.14. The third kappa shape index (κ3) is 7.17. The van der Waals surface area contributed by atoms with Gasteiger partial charge in [0.25, 0.3) is 5.56 Å². The summed E-state index contributed by atoms with van der Waals surface area (Å²) in [7, 11) is 0. The van der Waals surface area contributed by atoms with Crippen molar-refractivity contribution in [1.82, 2.24) is 20.2 Å². The average Bonchev–Trinajstić information content (AvgIpc) is 2.69. The van der Waals surface area contributed by atoms with Crippen molar-refractivity contribution < 1.29 is 14.3 Å². The van der Waals surface area contributed by atoms with Crippen molar-refractivity contribution in [3.63, 3.8) is 0 Å². The molecule has 1 aromatic heterocycles. The van der Waals surface area contributed by atoms with E-state index in [1.165, 1.54) is 0 Å². The van der Waals surface area contributed by atoms with Crippen LogP contribution in [0.1, 0.15) is 33.6 Å². The first-order chi connectivity index (χ1) is 13.9. The second-order valence-electron chi connectivity index (χ2n) is 6.73. The maximum atomic E-state index is 12.9. The van der Waals surface area contributed by atoms with E-state index < -0.39 is 11.9 Å². The number of aromatic nitrogens is 2. The minimum atomic E-state index is -0.521. The average molecular weight is 421 g/mol. The molecule has 2 rings (SSSR count). The Morgan fingerprint density at radius 1 is 1.28 bits per heavy atom. The van der Waals surface area contributed by atoms with Crippen LogP contribution in [0, 0.1) is 0 Å². The molecular formula is C20H28N4O4S. The lowest BCUT2D eigenvalue weighted by molar-refractivity contribution is -0.117. The first-order valence-corrected chi connectivity index (χ1v) is 10.7. The normalized spacial score (nSPS) is 11.0. The van der Waals surface area contributed by atoms with E-state index in [1.54, 1.807) is 22.8 Å². The van der Waals surface area contributed by atoms with Gasteiger partial charge in [-0.25, -0.2) is 9.78 Å². The topological polar surface area (TPSA) is 102 Å². The van der Waals surface area contributed by atoms with Gasteiger partial charge in [-0.3, -0.25) is 19.5 Å². The highest BCUT2D eigenvalue weighted by molar-refractivity contribution is 7.99. The Morgan fingerprint density at radius 2 is 2.03 bits per heavy atom. The predicted octanol–water partition coefficient (Wildman–Crippen LogP) is 2.54. The molecule has 0 unspecified atom stereocenters. The number of para-hydroxylation sites is 1. The smallest absolute Gasteiger partial charge is 0.321 e. The molecule has 29 heavy (non-hydrogen) atoms. The minimum absolute atomic E-state index is 0.0210. The fourth-order valence-electron chi connectivity index (χ4n) is 2.57. The number of hydrogen-bond acceptors (Lipinski definition) is 6.